The molecular formula is C18H28O6S. The Labute approximate surface area is 150 Å². The van der Waals surface area contributed by atoms with Crippen molar-refractivity contribution >= 4 is 10.1 Å². The number of unbranched alkanes of at least 4 members (excludes halogenated alkanes) is 2. The fraction of sp³-hybridized carbons (Fsp3) is 0.556. The van der Waals surface area contributed by atoms with Crippen LogP contribution in [-0.2, 0) is 23.8 Å². The van der Waals surface area contributed by atoms with Gasteiger partial charge in [0.25, 0.3) is 10.1 Å². The van der Waals surface area contributed by atoms with Gasteiger partial charge in [-0.15, -0.1) is 0 Å². The molecule has 0 saturated carbocycles. The van der Waals surface area contributed by atoms with E-state index in [4.69, 9.17) is 18.8 Å². The van der Waals surface area contributed by atoms with Gasteiger partial charge >= 0.3 is 0 Å². The lowest BCUT2D eigenvalue weighted by Crippen LogP contribution is -2.08. The monoisotopic (exact) mass is 372 g/mol. The molecule has 6 nitrogen and oxygen atoms in total. The molecule has 0 radical (unpaired) electrons. The number of ether oxygens (including phenoxy) is 2. The second-order valence-electron chi connectivity index (χ2n) is 5.73. The van der Waals surface area contributed by atoms with E-state index >= 15 is 0 Å². The van der Waals surface area contributed by atoms with Crippen molar-refractivity contribution in [3.63, 3.8) is 0 Å². The van der Waals surface area contributed by atoms with Gasteiger partial charge < -0.3 is 14.6 Å². The van der Waals surface area contributed by atoms with Gasteiger partial charge in [0.05, 0.1) is 11.5 Å². The van der Waals surface area contributed by atoms with Crippen molar-refractivity contribution in [1.29, 1.82) is 0 Å². The van der Waals surface area contributed by atoms with Crippen LogP contribution in [0.25, 0.3) is 0 Å². The van der Waals surface area contributed by atoms with Crippen molar-refractivity contribution in [2.24, 2.45) is 0 Å². The number of hydrogen-bond acceptors (Lipinski definition) is 6. The summed E-state index contributed by atoms with van der Waals surface area (Å²) in [6, 6.07) is 6.61. The first-order chi connectivity index (χ1) is 11.9. The summed E-state index contributed by atoms with van der Waals surface area (Å²) in [7, 11) is -3.66. The zero-order valence-electron chi connectivity index (χ0n) is 14.8. The number of aliphatic hydroxyl groups is 1. The summed E-state index contributed by atoms with van der Waals surface area (Å²) in [6.45, 7) is 7.29. The SMILES string of the molecule is C=C(O)COCCCOCCCCCOS(=O)(=O)c1ccc(C)cc1. The molecule has 1 rings (SSSR count). The minimum Gasteiger partial charge on any atom is -0.510 e. The molecule has 0 aliphatic heterocycles. The van der Waals surface area contributed by atoms with Crippen LogP contribution >= 0.6 is 0 Å². The van der Waals surface area contributed by atoms with Crippen molar-refractivity contribution in [1.82, 2.24) is 0 Å². The van der Waals surface area contributed by atoms with E-state index in [0.717, 1.165) is 24.8 Å². The van der Waals surface area contributed by atoms with E-state index < -0.39 is 10.1 Å². The second kappa shape index (κ2) is 12.0. The van der Waals surface area contributed by atoms with Crippen LogP contribution in [-0.4, -0.2) is 46.6 Å². The van der Waals surface area contributed by atoms with Crippen LogP contribution in [0.15, 0.2) is 41.5 Å². The van der Waals surface area contributed by atoms with Gasteiger partial charge in [0.1, 0.15) is 12.4 Å². The molecule has 0 heterocycles. The predicted molar refractivity (Wildman–Crippen MR) is 96.2 cm³/mol. The van der Waals surface area contributed by atoms with E-state index in [-0.39, 0.29) is 23.9 Å². The molecule has 0 bridgehead atoms. The van der Waals surface area contributed by atoms with Gasteiger partial charge in [-0.05, 0) is 44.7 Å². The molecule has 0 spiro atoms. The largest absolute Gasteiger partial charge is 0.510 e. The highest BCUT2D eigenvalue weighted by Gasteiger charge is 2.14. The Morgan fingerprint density at radius 2 is 1.56 bits per heavy atom. The average molecular weight is 372 g/mol. The van der Waals surface area contributed by atoms with E-state index in [1.807, 2.05) is 6.92 Å². The summed E-state index contributed by atoms with van der Waals surface area (Å²) in [5.74, 6) is 0.0209. The number of benzene rings is 1. The van der Waals surface area contributed by atoms with Crippen LogP contribution < -0.4 is 0 Å². The molecule has 0 aliphatic carbocycles. The Kier molecular flexibility index (Phi) is 10.4. The third kappa shape index (κ3) is 10.2. The normalized spacial score (nSPS) is 11.6. The Morgan fingerprint density at radius 1 is 0.960 bits per heavy atom. The molecule has 0 fully saturated rings. The highest BCUT2D eigenvalue weighted by atomic mass is 32.2. The topological polar surface area (TPSA) is 82.1 Å². The van der Waals surface area contributed by atoms with Crippen LogP contribution in [0.1, 0.15) is 31.2 Å². The maximum absolute atomic E-state index is 12.0. The molecular weight excluding hydrogens is 344 g/mol. The molecule has 0 saturated heterocycles. The quantitative estimate of drug-likeness (QED) is 0.306. The number of hydrogen-bond donors (Lipinski definition) is 1. The molecule has 25 heavy (non-hydrogen) atoms. The van der Waals surface area contributed by atoms with Gasteiger partial charge in [-0.1, -0.05) is 24.3 Å². The lowest BCUT2D eigenvalue weighted by molar-refractivity contribution is 0.0799. The van der Waals surface area contributed by atoms with E-state index in [1.54, 1.807) is 24.3 Å². The highest BCUT2D eigenvalue weighted by molar-refractivity contribution is 7.86. The third-order valence-corrected chi connectivity index (χ3v) is 4.65. The van der Waals surface area contributed by atoms with Crippen molar-refractivity contribution in [2.75, 3.05) is 33.0 Å². The summed E-state index contributed by atoms with van der Waals surface area (Å²) in [6.07, 6.45) is 3.11. The smallest absolute Gasteiger partial charge is 0.296 e. The summed E-state index contributed by atoms with van der Waals surface area (Å²) < 4.78 is 39.5. The molecule has 0 aromatic heterocycles. The maximum Gasteiger partial charge on any atom is 0.296 e. The van der Waals surface area contributed by atoms with E-state index in [1.165, 1.54) is 0 Å². The minimum atomic E-state index is -3.66. The standard InChI is InChI=1S/C18H28O6S/c1-16-7-9-18(10-8-16)25(20,21)24-14-5-3-4-11-22-12-6-13-23-15-17(2)19/h7-10,19H,2-6,11-15H2,1H3. The molecule has 1 aromatic rings. The molecule has 0 atom stereocenters. The fourth-order valence-electron chi connectivity index (χ4n) is 1.98. The van der Waals surface area contributed by atoms with Crippen molar-refractivity contribution < 1.29 is 27.2 Å². The van der Waals surface area contributed by atoms with Crippen LogP contribution in [0.3, 0.4) is 0 Å². The molecule has 0 aliphatic rings. The van der Waals surface area contributed by atoms with Crippen molar-refractivity contribution in [3.05, 3.63) is 42.2 Å². The summed E-state index contributed by atoms with van der Waals surface area (Å²) in [5.41, 5.74) is 1.00. The predicted octanol–water partition coefficient (Wildman–Crippen LogP) is 3.37. The van der Waals surface area contributed by atoms with E-state index in [2.05, 4.69) is 6.58 Å². The number of aliphatic hydroxyl groups excluding tert-OH is 1. The van der Waals surface area contributed by atoms with Gasteiger partial charge in [-0.3, -0.25) is 4.18 Å². The van der Waals surface area contributed by atoms with E-state index in [0.29, 0.717) is 26.2 Å². The second-order valence-corrected chi connectivity index (χ2v) is 7.35. The Hall–Kier alpha value is -1.41. The van der Waals surface area contributed by atoms with Gasteiger partial charge in [-0.2, -0.15) is 8.42 Å². The van der Waals surface area contributed by atoms with Crippen LogP contribution in [0.2, 0.25) is 0 Å². The third-order valence-electron chi connectivity index (χ3n) is 3.33. The van der Waals surface area contributed by atoms with Crippen LogP contribution in [0, 0.1) is 6.92 Å². The number of rotatable bonds is 14. The molecule has 0 unspecified atom stereocenters. The first kappa shape index (κ1) is 21.6. The fourth-order valence-corrected chi connectivity index (χ4v) is 2.92. The Balaban J connectivity index is 1.99. The zero-order chi connectivity index (χ0) is 18.5. The van der Waals surface area contributed by atoms with E-state index in [9.17, 15) is 8.42 Å². The van der Waals surface area contributed by atoms with Crippen molar-refractivity contribution in [2.45, 2.75) is 37.5 Å². The first-order valence-corrected chi connectivity index (χ1v) is 9.81. The van der Waals surface area contributed by atoms with Gasteiger partial charge in [-0.25, -0.2) is 0 Å². The molecule has 7 heteroatoms. The summed E-state index contributed by atoms with van der Waals surface area (Å²) in [4.78, 5) is 0.188. The van der Waals surface area contributed by atoms with Gasteiger partial charge in [0.2, 0.25) is 0 Å². The Morgan fingerprint density at radius 3 is 2.24 bits per heavy atom. The molecule has 0 amide bonds. The molecule has 1 N–H and O–H groups in total. The molecule has 142 valence electrons. The zero-order valence-corrected chi connectivity index (χ0v) is 15.6. The highest BCUT2D eigenvalue weighted by Crippen LogP contribution is 2.13. The number of aryl methyl sites for hydroxylation is 1. The summed E-state index contributed by atoms with van der Waals surface area (Å²) in [5, 5.41) is 8.82. The van der Waals surface area contributed by atoms with Crippen LogP contribution in [0.4, 0.5) is 0 Å². The first-order valence-electron chi connectivity index (χ1n) is 8.40. The van der Waals surface area contributed by atoms with Crippen molar-refractivity contribution in [3.8, 4) is 0 Å². The average Bonchev–Trinajstić information content (AvgIpc) is 2.56. The lowest BCUT2D eigenvalue weighted by Gasteiger charge is -2.07. The minimum absolute atomic E-state index is 0.0209. The Bertz CT molecular complexity index is 594. The van der Waals surface area contributed by atoms with Crippen LogP contribution in [0.5, 0.6) is 0 Å². The molecule has 1 aromatic carbocycles. The van der Waals surface area contributed by atoms with Gasteiger partial charge in [0, 0.05) is 19.8 Å². The maximum atomic E-state index is 12.0. The lowest BCUT2D eigenvalue weighted by atomic mass is 10.2. The summed E-state index contributed by atoms with van der Waals surface area (Å²) >= 11 is 0. The van der Waals surface area contributed by atoms with Gasteiger partial charge in [0.15, 0.2) is 0 Å².